The van der Waals surface area contributed by atoms with E-state index in [9.17, 15) is 4.79 Å². The summed E-state index contributed by atoms with van der Waals surface area (Å²) in [4.78, 5) is 18.0. The molecule has 0 fully saturated rings. The zero-order valence-corrected chi connectivity index (χ0v) is 13.7. The number of carbonyl (C=O) groups is 1. The lowest BCUT2D eigenvalue weighted by atomic mass is 10.0. The Balaban J connectivity index is 1.37. The Kier molecular flexibility index (Phi) is 3.91. The third-order valence-corrected chi connectivity index (χ3v) is 5.35. The number of nitrogens with zero attached hydrogens (tertiary/aromatic N) is 1. The number of hydrogen-bond acceptors (Lipinski definition) is 5. The van der Waals surface area contributed by atoms with Crippen molar-refractivity contribution in [3.05, 3.63) is 34.3 Å². The van der Waals surface area contributed by atoms with Crippen LogP contribution in [0.15, 0.2) is 18.2 Å². The van der Waals surface area contributed by atoms with Gasteiger partial charge in [0.2, 0.25) is 0 Å². The van der Waals surface area contributed by atoms with Crippen LogP contribution in [0.25, 0.3) is 0 Å². The molecular formula is C17H19N3O2S. The highest BCUT2D eigenvalue weighted by Gasteiger charge is 2.18. The van der Waals surface area contributed by atoms with Crippen molar-refractivity contribution in [2.24, 2.45) is 0 Å². The van der Waals surface area contributed by atoms with Crippen LogP contribution in [-0.4, -0.2) is 24.0 Å². The van der Waals surface area contributed by atoms with Crippen LogP contribution in [-0.2, 0) is 24.1 Å². The fourth-order valence-corrected chi connectivity index (χ4v) is 4.22. The smallest absolute Gasteiger partial charge is 0.264 e. The summed E-state index contributed by atoms with van der Waals surface area (Å²) < 4.78 is 5.71. The van der Waals surface area contributed by atoms with E-state index in [1.807, 2.05) is 18.2 Å². The summed E-state index contributed by atoms with van der Waals surface area (Å²) in [5, 5.41) is 6.87. The van der Waals surface area contributed by atoms with E-state index >= 15 is 0 Å². The average molecular weight is 329 g/mol. The maximum Gasteiger partial charge on any atom is 0.264 e. The minimum absolute atomic E-state index is 0.0146. The van der Waals surface area contributed by atoms with Gasteiger partial charge in [-0.05, 0) is 44.2 Å². The number of amides is 1. The molecule has 0 atom stereocenters. The van der Waals surface area contributed by atoms with Gasteiger partial charge in [-0.1, -0.05) is 6.07 Å². The van der Waals surface area contributed by atoms with Crippen molar-refractivity contribution in [1.82, 2.24) is 4.98 Å². The monoisotopic (exact) mass is 329 g/mol. The van der Waals surface area contributed by atoms with Crippen LogP contribution in [0.3, 0.4) is 0 Å². The van der Waals surface area contributed by atoms with Crippen molar-refractivity contribution in [1.29, 1.82) is 0 Å². The number of carbonyl (C=O) groups excluding carboxylic acids is 1. The third-order valence-electron chi connectivity index (χ3n) is 4.27. The summed E-state index contributed by atoms with van der Waals surface area (Å²) in [6, 6.07) is 5.90. The molecule has 0 saturated heterocycles. The van der Waals surface area contributed by atoms with E-state index in [-0.39, 0.29) is 12.5 Å². The van der Waals surface area contributed by atoms with Gasteiger partial charge in [0.1, 0.15) is 5.75 Å². The molecule has 1 aromatic heterocycles. The first-order chi connectivity index (χ1) is 11.3. The summed E-state index contributed by atoms with van der Waals surface area (Å²) in [5.74, 6) is 0.640. The van der Waals surface area contributed by atoms with E-state index in [0.717, 1.165) is 48.5 Å². The van der Waals surface area contributed by atoms with Crippen molar-refractivity contribution in [2.75, 3.05) is 23.8 Å². The Morgan fingerprint density at radius 2 is 2.22 bits per heavy atom. The number of rotatable bonds is 4. The molecule has 0 radical (unpaired) electrons. The van der Waals surface area contributed by atoms with Crippen molar-refractivity contribution < 1.29 is 9.53 Å². The Morgan fingerprint density at radius 1 is 1.30 bits per heavy atom. The first kappa shape index (κ1) is 14.5. The van der Waals surface area contributed by atoms with Gasteiger partial charge in [0.25, 0.3) is 5.91 Å². The first-order valence-corrected chi connectivity index (χ1v) is 8.88. The molecule has 0 unspecified atom stereocenters. The highest BCUT2D eigenvalue weighted by Crippen LogP contribution is 2.31. The van der Waals surface area contributed by atoms with Gasteiger partial charge in [-0.3, -0.25) is 10.1 Å². The zero-order valence-electron chi connectivity index (χ0n) is 12.9. The highest BCUT2D eigenvalue weighted by atomic mass is 32.1. The van der Waals surface area contributed by atoms with E-state index in [1.165, 1.54) is 17.7 Å². The quantitative estimate of drug-likeness (QED) is 0.905. The van der Waals surface area contributed by atoms with Crippen LogP contribution in [0.5, 0.6) is 5.75 Å². The minimum Gasteiger partial charge on any atom is -0.483 e. The van der Waals surface area contributed by atoms with Crippen molar-refractivity contribution in [3.63, 3.8) is 0 Å². The number of nitrogens with one attached hydrogen (secondary N) is 2. The number of fused-ring (bicyclic) bond motifs is 2. The average Bonchev–Trinajstić information content (AvgIpc) is 3.18. The van der Waals surface area contributed by atoms with Gasteiger partial charge >= 0.3 is 0 Å². The normalized spacial score (nSPS) is 15.5. The molecule has 1 aliphatic carbocycles. The van der Waals surface area contributed by atoms with Crippen molar-refractivity contribution in [3.8, 4) is 5.75 Å². The van der Waals surface area contributed by atoms with Crippen LogP contribution in [0.2, 0.25) is 0 Å². The minimum atomic E-state index is -0.153. The molecule has 1 aliphatic heterocycles. The Morgan fingerprint density at radius 3 is 3.13 bits per heavy atom. The fraction of sp³-hybridized carbons (Fsp3) is 0.412. The largest absolute Gasteiger partial charge is 0.483 e. The molecule has 6 heteroatoms. The molecule has 2 N–H and O–H groups in total. The van der Waals surface area contributed by atoms with Crippen molar-refractivity contribution in [2.45, 2.75) is 32.1 Å². The number of thiazole rings is 1. The molecule has 2 heterocycles. The van der Waals surface area contributed by atoms with E-state index in [4.69, 9.17) is 4.74 Å². The standard InChI is InChI=1S/C17H19N3O2S/c21-16(20-17-19-13-4-1-2-7-15(13)23-17)10-22-14-6-3-5-12-11(14)8-9-18-12/h3,5-6,18H,1-2,4,7-10H2,(H,19,20,21). The molecule has 120 valence electrons. The second-order valence-corrected chi connectivity index (χ2v) is 6.98. The van der Waals surface area contributed by atoms with Gasteiger partial charge < -0.3 is 10.1 Å². The molecule has 0 bridgehead atoms. The van der Waals surface area contributed by atoms with E-state index < -0.39 is 0 Å². The number of ether oxygens (including phenoxy) is 1. The molecule has 0 spiro atoms. The fourth-order valence-electron chi connectivity index (χ4n) is 3.15. The predicted octanol–water partition coefficient (Wildman–Crippen LogP) is 3.01. The number of anilines is 2. The maximum atomic E-state index is 12.1. The van der Waals surface area contributed by atoms with Crippen LogP contribution in [0, 0.1) is 0 Å². The summed E-state index contributed by atoms with van der Waals surface area (Å²) in [6.45, 7) is 0.938. The van der Waals surface area contributed by atoms with Crippen LogP contribution in [0.4, 0.5) is 10.8 Å². The third kappa shape index (κ3) is 3.03. The molecular weight excluding hydrogens is 310 g/mol. The van der Waals surface area contributed by atoms with Gasteiger partial charge in [0, 0.05) is 22.7 Å². The van der Waals surface area contributed by atoms with Crippen LogP contribution < -0.4 is 15.4 Å². The Hall–Kier alpha value is -2.08. The topological polar surface area (TPSA) is 63.2 Å². The lowest BCUT2D eigenvalue weighted by Crippen LogP contribution is -2.20. The van der Waals surface area contributed by atoms with E-state index in [1.54, 1.807) is 11.3 Å². The molecule has 5 nitrogen and oxygen atoms in total. The zero-order chi connectivity index (χ0) is 15.6. The first-order valence-electron chi connectivity index (χ1n) is 8.06. The maximum absolute atomic E-state index is 12.1. The Bertz CT molecular complexity index is 718. The van der Waals surface area contributed by atoms with Crippen LogP contribution in [0.1, 0.15) is 29.0 Å². The summed E-state index contributed by atoms with van der Waals surface area (Å²) in [6.07, 6.45) is 5.47. The summed E-state index contributed by atoms with van der Waals surface area (Å²) >= 11 is 1.60. The van der Waals surface area contributed by atoms with Gasteiger partial charge in [-0.2, -0.15) is 0 Å². The lowest BCUT2D eigenvalue weighted by molar-refractivity contribution is -0.118. The van der Waals surface area contributed by atoms with Gasteiger partial charge in [0.05, 0.1) is 5.69 Å². The number of aromatic nitrogens is 1. The molecule has 0 saturated carbocycles. The number of benzene rings is 1. The van der Waals surface area contributed by atoms with Crippen molar-refractivity contribution >= 4 is 28.1 Å². The second kappa shape index (κ2) is 6.20. The summed E-state index contributed by atoms with van der Waals surface area (Å²) in [7, 11) is 0. The summed E-state index contributed by atoms with van der Waals surface area (Å²) in [5.41, 5.74) is 3.42. The van der Waals surface area contributed by atoms with Gasteiger partial charge in [-0.25, -0.2) is 4.98 Å². The highest BCUT2D eigenvalue weighted by molar-refractivity contribution is 7.15. The predicted molar refractivity (Wildman–Crippen MR) is 91.5 cm³/mol. The molecule has 1 amide bonds. The number of aryl methyl sites for hydroxylation is 2. The Labute approximate surface area is 139 Å². The van der Waals surface area contributed by atoms with E-state index in [0.29, 0.717) is 5.13 Å². The molecule has 23 heavy (non-hydrogen) atoms. The molecule has 2 aromatic rings. The SMILES string of the molecule is O=C(COc1cccc2c1CCN2)Nc1nc2c(s1)CCCC2. The van der Waals surface area contributed by atoms with E-state index in [2.05, 4.69) is 15.6 Å². The molecule has 4 rings (SSSR count). The second-order valence-electron chi connectivity index (χ2n) is 5.89. The lowest BCUT2D eigenvalue weighted by Gasteiger charge is -2.09. The molecule has 1 aromatic carbocycles. The number of hydrogen-bond donors (Lipinski definition) is 2. The van der Waals surface area contributed by atoms with Crippen LogP contribution >= 0.6 is 11.3 Å². The van der Waals surface area contributed by atoms with Gasteiger partial charge in [0.15, 0.2) is 11.7 Å². The van der Waals surface area contributed by atoms with Gasteiger partial charge in [-0.15, -0.1) is 11.3 Å². The molecule has 2 aliphatic rings.